The Bertz CT molecular complexity index is 400. The molecule has 0 heterocycles. The number of rotatable bonds is 5. The molecule has 0 radical (unpaired) electrons. The van der Waals surface area contributed by atoms with E-state index in [9.17, 15) is 4.79 Å². The zero-order valence-electron chi connectivity index (χ0n) is 9.77. The fourth-order valence-electron chi connectivity index (χ4n) is 1.51. The molecule has 1 atom stereocenters. The molecule has 1 aromatic rings. The third-order valence-corrected chi connectivity index (χ3v) is 2.69. The van der Waals surface area contributed by atoms with Crippen LogP contribution in [-0.4, -0.2) is 22.7 Å². The number of benzene rings is 1. The maximum atomic E-state index is 11.5. The van der Waals surface area contributed by atoms with E-state index in [4.69, 9.17) is 16.9 Å². The third kappa shape index (κ3) is 4.88. The molecule has 0 fully saturated rings. The van der Waals surface area contributed by atoms with Gasteiger partial charge in [-0.25, -0.2) is 0 Å². The molecule has 90 valence electrons. The van der Waals surface area contributed by atoms with Gasteiger partial charge in [0.1, 0.15) is 0 Å². The number of halogens is 1. The highest BCUT2D eigenvalue weighted by Gasteiger charge is 2.14. The summed E-state index contributed by atoms with van der Waals surface area (Å²) in [4.78, 5) is 13.1. The van der Waals surface area contributed by atoms with Crippen LogP contribution in [0, 0.1) is 11.3 Å². The highest BCUT2D eigenvalue weighted by molar-refractivity contribution is 6.21. The van der Waals surface area contributed by atoms with E-state index in [1.807, 2.05) is 36.4 Å². The van der Waals surface area contributed by atoms with Gasteiger partial charge < -0.3 is 4.90 Å². The topological polar surface area (TPSA) is 44.1 Å². The van der Waals surface area contributed by atoms with Gasteiger partial charge in [-0.15, -0.1) is 11.6 Å². The summed E-state index contributed by atoms with van der Waals surface area (Å²) in [7, 11) is 0. The van der Waals surface area contributed by atoms with Crippen molar-refractivity contribution < 1.29 is 4.79 Å². The Morgan fingerprint density at radius 2 is 2.12 bits per heavy atom. The number of carbonyl (C=O) groups excluding carboxylic acids is 1. The van der Waals surface area contributed by atoms with E-state index in [-0.39, 0.29) is 17.7 Å². The van der Waals surface area contributed by atoms with Gasteiger partial charge in [-0.2, -0.15) is 5.26 Å². The molecule has 3 nitrogen and oxygen atoms in total. The number of nitrogens with zero attached hydrogens (tertiary/aromatic N) is 2. The number of amides is 1. The summed E-state index contributed by atoms with van der Waals surface area (Å²) < 4.78 is 0. The summed E-state index contributed by atoms with van der Waals surface area (Å²) >= 11 is 5.97. The quantitative estimate of drug-likeness (QED) is 0.754. The molecule has 0 N–H and O–H groups in total. The van der Waals surface area contributed by atoms with Crippen LogP contribution < -0.4 is 0 Å². The molecule has 0 spiro atoms. The van der Waals surface area contributed by atoms with Crippen LogP contribution in [0.5, 0.6) is 0 Å². The van der Waals surface area contributed by atoms with Crippen molar-refractivity contribution in [1.82, 2.24) is 4.90 Å². The summed E-state index contributed by atoms with van der Waals surface area (Å²) in [6.45, 7) is 2.45. The lowest BCUT2D eigenvalue weighted by molar-refractivity contribution is -0.129. The minimum atomic E-state index is -0.312. The van der Waals surface area contributed by atoms with Crippen molar-refractivity contribution in [3.05, 3.63) is 35.9 Å². The van der Waals surface area contributed by atoms with Crippen molar-refractivity contribution in [3.63, 3.8) is 0 Å². The van der Waals surface area contributed by atoms with Crippen molar-refractivity contribution in [2.45, 2.75) is 25.3 Å². The molecule has 0 saturated heterocycles. The van der Waals surface area contributed by atoms with Gasteiger partial charge in [0.25, 0.3) is 0 Å². The average Bonchev–Trinajstić information content (AvgIpc) is 2.29. The lowest BCUT2D eigenvalue weighted by Crippen LogP contribution is -2.33. The number of carbonyl (C=O) groups is 1. The summed E-state index contributed by atoms with van der Waals surface area (Å²) in [6.07, 6.45) is 0.250. The Kier molecular flexibility index (Phi) is 5.51. The zero-order valence-corrected chi connectivity index (χ0v) is 10.5. The van der Waals surface area contributed by atoms with Gasteiger partial charge in [-0.3, -0.25) is 4.79 Å². The van der Waals surface area contributed by atoms with Gasteiger partial charge in [0.15, 0.2) is 0 Å². The number of alkyl halides is 1. The third-order valence-electron chi connectivity index (χ3n) is 2.39. The van der Waals surface area contributed by atoms with Gasteiger partial charge in [-0.1, -0.05) is 30.3 Å². The highest BCUT2D eigenvalue weighted by Crippen LogP contribution is 2.09. The average molecular weight is 251 g/mol. The summed E-state index contributed by atoms with van der Waals surface area (Å²) in [5.41, 5.74) is 1.06. The largest absolute Gasteiger partial charge is 0.337 e. The first-order valence-electron chi connectivity index (χ1n) is 5.44. The van der Waals surface area contributed by atoms with Crippen LogP contribution in [0.1, 0.15) is 18.9 Å². The maximum absolute atomic E-state index is 11.5. The lowest BCUT2D eigenvalue weighted by Gasteiger charge is -2.22. The summed E-state index contributed by atoms with van der Waals surface area (Å²) in [6, 6.07) is 11.7. The molecule has 0 aliphatic rings. The zero-order chi connectivity index (χ0) is 12.7. The van der Waals surface area contributed by atoms with Crippen LogP contribution in [-0.2, 0) is 11.3 Å². The van der Waals surface area contributed by atoms with Crippen LogP contribution in [0.3, 0.4) is 0 Å². The van der Waals surface area contributed by atoms with E-state index in [1.54, 1.807) is 4.90 Å². The standard InChI is InChI=1S/C13H15ClN2O/c1-11(17)16(10-13(14)7-8-15)9-12-5-3-2-4-6-12/h2-6,13H,7,9-10H2,1H3. The minimum absolute atomic E-state index is 0.0301. The van der Waals surface area contributed by atoms with Crippen LogP contribution in [0.2, 0.25) is 0 Å². The Morgan fingerprint density at radius 3 is 2.65 bits per heavy atom. The van der Waals surface area contributed by atoms with Crippen LogP contribution in [0.25, 0.3) is 0 Å². The van der Waals surface area contributed by atoms with Crippen molar-refractivity contribution in [2.24, 2.45) is 0 Å². The molecule has 1 amide bonds. The van der Waals surface area contributed by atoms with Crippen LogP contribution >= 0.6 is 11.6 Å². The predicted octanol–water partition coefficient (Wildman–Crippen LogP) is 2.56. The Balaban J connectivity index is 2.62. The molecule has 0 aliphatic heterocycles. The summed E-state index contributed by atoms with van der Waals surface area (Å²) in [5, 5.41) is 8.23. The number of nitriles is 1. The molecule has 1 aromatic carbocycles. The predicted molar refractivity (Wildman–Crippen MR) is 67.4 cm³/mol. The molecular formula is C13H15ClN2O. The highest BCUT2D eigenvalue weighted by atomic mass is 35.5. The second-order valence-corrected chi connectivity index (χ2v) is 4.46. The van der Waals surface area contributed by atoms with Crippen molar-refractivity contribution in [3.8, 4) is 6.07 Å². The smallest absolute Gasteiger partial charge is 0.219 e. The Morgan fingerprint density at radius 1 is 1.47 bits per heavy atom. The molecule has 4 heteroatoms. The minimum Gasteiger partial charge on any atom is -0.337 e. The first-order chi connectivity index (χ1) is 8.13. The van der Waals surface area contributed by atoms with E-state index in [0.29, 0.717) is 13.1 Å². The monoisotopic (exact) mass is 250 g/mol. The maximum Gasteiger partial charge on any atom is 0.219 e. The number of hydrogen-bond donors (Lipinski definition) is 0. The van der Waals surface area contributed by atoms with Crippen molar-refractivity contribution in [2.75, 3.05) is 6.54 Å². The van der Waals surface area contributed by atoms with Gasteiger partial charge in [0.05, 0.1) is 17.9 Å². The molecule has 1 rings (SSSR count). The van der Waals surface area contributed by atoms with Gasteiger partial charge >= 0.3 is 0 Å². The Labute approximate surface area is 107 Å². The second kappa shape index (κ2) is 6.93. The van der Waals surface area contributed by atoms with E-state index >= 15 is 0 Å². The van der Waals surface area contributed by atoms with Crippen molar-refractivity contribution in [1.29, 1.82) is 5.26 Å². The van der Waals surface area contributed by atoms with Crippen molar-refractivity contribution >= 4 is 17.5 Å². The number of hydrogen-bond acceptors (Lipinski definition) is 2. The lowest BCUT2D eigenvalue weighted by atomic mass is 10.2. The van der Waals surface area contributed by atoms with Gasteiger partial charge in [-0.05, 0) is 5.56 Å². The van der Waals surface area contributed by atoms with Crippen LogP contribution in [0.15, 0.2) is 30.3 Å². The molecule has 0 saturated carbocycles. The molecule has 1 unspecified atom stereocenters. The second-order valence-electron chi connectivity index (χ2n) is 3.84. The van der Waals surface area contributed by atoms with E-state index < -0.39 is 0 Å². The molecule has 0 aromatic heterocycles. The normalized spacial score (nSPS) is 11.6. The first-order valence-corrected chi connectivity index (χ1v) is 5.87. The van der Waals surface area contributed by atoms with Crippen LogP contribution in [0.4, 0.5) is 0 Å². The SMILES string of the molecule is CC(=O)N(Cc1ccccc1)CC(Cl)CC#N. The van der Waals surface area contributed by atoms with E-state index in [0.717, 1.165) is 5.56 Å². The first kappa shape index (κ1) is 13.5. The molecule has 17 heavy (non-hydrogen) atoms. The molecule has 0 bridgehead atoms. The fraction of sp³-hybridized carbons (Fsp3) is 0.385. The van der Waals surface area contributed by atoms with Gasteiger partial charge in [0, 0.05) is 20.0 Å². The molecule has 0 aliphatic carbocycles. The van der Waals surface area contributed by atoms with Gasteiger partial charge in [0.2, 0.25) is 5.91 Å². The van der Waals surface area contributed by atoms with E-state index in [2.05, 4.69) is 0 Å². The summed E-state index contributed by atoms with van der Waals surface area (Å²) in [5.74, 6) is -0.0301. The van der Waals surface area contributed by atoms with E-state index in [1.165, 1.54) is 6.92 Å². The molecular weight excluding hydrogens is 236 g/mol. The fourth-order valence-corrected chi connectivity index (χ4v) is 1.75. The Hall–Kier alpha value is -1.53.